The molecule has 19 heavy (non-hydrogen) atoms. The Morgan fingerprint density at radius 1 is 1.53 bits per heavy atom. The van der Waals surface area contributed by atoms with Gasteiger partial charge in [0.15, 0.2) is 0 Å². The molecule has 0 heterocycles. The Bertz CT molecular complexity index is 514. The highest BCUT2D eigenvalue weighted by Gasteiger charge is 2.21. The fourth-order valence-electron chi connectivity index (χ4n) is 1.44. The number of benzene rings is 1. The molecule has 4 nitrogen and oxygen atoms in total. The second-order valence-electron chi connectivity index (χ2n) is 3.36. The van der Waals surface area contributed by atoms with Crippen LogP contribution in [-0.4, -0.2) is 19.2 Å². The van der Waals surface area contributed by atoms with Gasteiger partial charge >= 0.3 is 12.6 Å². The van der Waals surface area contributed by atoms with E-state index in [1.807, 2.05) is 6.07 Å². The van der Waals surface area contributed by atoms with E-state index < -0.39 is 12.6 Å². The topological polar surface area (TPSA) is 59.3 Å². The summed E-state index contributed by atoms with van der Waals surface area (Å²) in [5.41, 5.74) is 0.00115. The molecule has 0 aliphatic carbocycles. The van der Waals surface area contributed by atoms with Crippen molar-refractivity contribution in [2.24, 2.45) is 0 Å². The smallest absolute Gasteiger partial charge is 0.387 e. The van der Waals surface area contributed by atoms with E-state index in [2.05, 4.69) is 4.74 Å². The van der Waals surface area contributed by atoms with Gasteiger partial charge in [-0.25, -0.2) is 4.79 Å². The number of hydrogen-bond acceptors (Lipinski definition) is 4. The van der Waals surface area contributed by atoms with E-state index in [9.17, 15) is 13.6 Å². The summed E-state index contributed by atoms with van der Waals surface area (Å²) >= 11 is 5.61. The lowest BCUT2D eigenvalue weighted by Crippen LogP contribution is -2.12. The summed E-state index contributed by atoms with van der Waals surface area (Å²) < 4.78 is 33.8. The molecular weight excluding hydrogens is 280 g/mol. The molecule has 0 N–H and O–H groups in total. The van der Waals surface area contributed by atoms with Crippen LogP contribution in [-0.2, 0) is 10.6 Å². The molecule has 0 amide bonds. The third-order valence-electron chi connectivity index (χ3n) is 2.14. The van der Waals surface area contributed by atoms with Crippen molar-refractivity contribution < 1.29 is 23.0 Å². The third-order valence-corrected chi connectivity index (χ3v) is 2.43. The number of carbonyl (C=O) groups is 1. The average Bonchev–Trinajstić information content (AvgIpc) is 2.38. The number of carbonyl (C=O) groups excluding carboxylic acids is 1. The van der Waals surface area contributed by atoms with Gasteiger partial charge in [-0.3, -0.25) is 0 Å². The van der Waals surface area contributed by atoms with Crippen LogP contribution in [0.25, 0.3) is 0 Å². The van der Waals surface area contributed by atoms with Crippen LogP contribution in [0.15, 0.2) is 12.1 Å². The van der Waals surface area contributed by atoms with E-state index in [0.29, 0.717) is 0 Å². The van der Waals surface area contributed by atoms with Gasteiger partial charge in [-0.15, -0.1) is 11.6 Å². The molecule has 1 aromatic rings. The van der Waals surface area contributed by atoms with Crippen LogP contribution in [0, 0.1) is 11.3 Å². The molecule has 0 atom stereocenters. The molecule has 1 aromatic carbocycles. The zero-order chi connectivity index (χ0) is 14.4. The van der Waals surface area contributed by atoms with Crippen LogP contribution < -0.4 is 4.74 Å². The van der Waals surface area contributed by atoms with Gasteiger partial charge in [0.1, 0.15) is 11.3 Å². The Hall–Kier alpha value is -1.87. The summed E-state index contributed by atoms with van der Waals surface area (Å²) in [7, 11) is 0. The van der Waals surface area contributed by atoms with Crippen molar-refractivity contribution in [2.75, 3.05) is 6.61 Å². The van der Waals surface area contributed by atoms with E-state index in [4.69, 9.17) is 21.6 Å². The Morgan fingerprint density at radius 2 is 2.21 bits per heavy atom. The number of halogens is 3. The van der Waals surface area contributed by atoms with Gasteiger partial charge in [-0.05, 0) is 19.1 Å². The van der Waals surface area contributed by atoms with Gasteiger partial charge in [-0.1, -0.05) is 0 Å². The second kappa shape index (κ2) is 6.90. The third kappa shape index (κ3) is 3.80. The molecule has 0 radical (unpaired) electrons. The number of rotatable bonds is 5. The summed E-state index contributed by atoms with van der Waals surface area (Å²) in [6.07, 6.45) is 0. The van der Waals surface area contributed by atoms with Gasteiger partial charge < -0.3 is 9.47 Å². The Balaban J connectivity index is 3.37. The van der Waals surface area contributed by atoms with Crippen LogP contribution in [0.2, 0.25) is 0 Å². The summed E-state index contributed by atoms with van der Waals surface area (Å²) in [6, 6.07) is 4.23. The molecule has 0 aromatic heterocycles. The van der Waals surface area contributed by atoms with Crippen LogP contribution in [0.5, 0.6) is 5.75 Å². The normalized spacial score (nSPS) is 10.1. The van der Waals surface area contributed by atoms with Crippen LogP contribution in [0.4, 0.5) is 8.78 Å². The molecule has 7 heteroatoms. The number of alkyl halides is 3. The van der Waals surface area contributed by atoms with Gasteiger partial charge in [0.2, 0.25) is 0 Å². The quantitative estimate of drug-likeness (QED) is 0.617. The maximum Gasteiger partial charge on any atom is 0.387 e. The highest BCUT2D eigenvalue weighted by Crippen LogP contribution is 2.29. The highest BCUT2D eigenvalue weighted by atomic mass is 35.5. The first-order valence-electron chi connectivity index (χ1n) is 5.28. The fourth-order valence-corrected chi connectivity index (χ4v) is 1.64. The molecule has 0 fully saturated rings. The lowest BCUT2D eigenvalue weighted by atomic mass is 10.1. The van der Waals surface area contributed by atoms with Crippen molar-refractivity contribution in [3.8, 4) is 11.8 Å². The highest BCUT2D eigenvalue weighted by molar-refractivity contribution is 6.17. The molecular formula is C12H10ClF2NO3. The lowest BCUT2D eigenvalue weighted by Gasteiger charge is -2.14. The fraction of sp³-hybridized carbons (Fsp3) is 0.333. The van der Waals surface area contributed by atoms with Crippen molar-refractivity contribution in [3.63, 3.8) is 0 Å². The van der Waals surface area contributed by atoms with Gasteiger partial charge in [-0.2, -0.15) is 14.0 Å². The molecule has 0 bridgehead atoms. The van der Waals surface area contributed by atoms with Crippen molar-refractivity contribution in [3.05, 3.63) is 28.8 Å². The Kier molecular flexibility index (Phi) is 5.52. The van der Waals surface area contributed by atoms with Crippen LogP contribution in [0.1, 0.15) is 28.4 Å². The minimum atomic E-state index is -3.11. The maximum atomic E-state index is 12.4. The minimum absolute atomic E-state index is 0.0694. The SMILES string of the molecule is CCOC(=O)c1cc(C#N)cc(CCl)c1OC(F)F. The molecule has 1 rings (SSSR count). The predicted octanol–water partition coefficient (Wildman–Crippen LogP) is 3.08. The molecule has 0 saturated carbocycles. The van der Waals surface area contributed by atoms with Gasteiger partial charge in [0.25, 0.3) is 0 Å². The number of ether oxygens (including phenoxy) is 2. The average molecular weight is 290 g/mol. The first-order valence-corrected chi connectivity index (χ1v) is 5.81. The summed E-state index contributed by atoms with van der Waals surface area (Å²) in [4.78, 5) is 11.7. The molecule has 0 unspecified atom stereocenters. The van der Waals surface area contributed by atoms with Crippen LogP contribution >= 0.6 is 11.6 Å². The number of nitriles is 1. The first-order chi connectivity index (χ1) is 9.03. The molecule has 0 aliphatic rings. The second-order valence-corrected chi connectivity index (χ2v) is 3.62. The van der Waals surface area contributed by atoms with E-state index in [1.54, 1.807) is 6.92 Å². The Morgan fingerprint density at radius 3 is 2.68 bits per heavy atom. The lowest BCUT2D eigenvalue weighted by molar-refractivity contribution is -0.0509. The van der Waals surface area contributed by atoms with Gasteiger partial charge in [0, 0.05) is 5.56 Å². The molecule has 102 valence electrons. The number of hydrogen-bond donors (Lipinski definition) is 0. The number of esters is 1. The van der Waals surface area contributed by atoms with E-state index >= 15 is 0 Å². The van der Waals surface area contributed by atoms with Crippen LogP contribution in [0.3, 0.4) is 0 Å². The van der Waals surface area contributed by atoms with Crippen molar-refractivity contribution in [1.29, 1.82) is 5.26 Å². The van der Waals surface area contributed by atoms with E-state index in [0.717, 1.165) is 6.07 Å². The molecule has 0 spiro atoms. The Labute approximate surface area is 113 Å². The minimum Gasteiger partial charge on any atom is -0.462 e. The summed E-state index contributed by atoms with van der Waals surface area (Å²) in [5.74, 6) is -1.38. The summed E-state index contributed by atoms with van der Waals surface area (Å²) in [5, 5.41) is 8.83. The van der Waals surface area contributed by atoms with Crippen molar-refractivity contribution in [1.82, 2.24) is 0 Å². The predicted molar refractivity (Wildman–Crippen MR) is 63.3 cm³/mol. The first kappa shape index (κ1) is 15.2. The van der Waals surface area contributed by atoms with Crippen molar-refractivity contribution >= 4 is 17.6 Å². The zero-order valence-electron chi connectivity index (χ0n) is 9.95. The summed E-state index contributed by atoms with van der Waals surface area (Å²) in [6.45, 7) is -1.47. The molecule has 0 saturated heterocycles. The zero-order valence-corrected chi connectivity index (χ0v) is 10.7. The number of nitrogens with zero attached hydrogens (tertiary/aromatic N) is 1. The van der Waals surface area contributed by atoms with Gasteiger partial charge in [0.05, 0.1) is 24.1 Å². The largest absolute Gasteiger partial charge is 0.462 e. The monoisotopic (exact) mass is 289 g/mol. The van der Waals surface area contributed by atoms with E-state index in [1.165, 1.54) is 6.07 Å². The standard InChI is InChI=1S/C12H10ClF2NO3/c1-2-18-11(17)9-4-7(6-16)3-8(5-13)10(9)19-12(14)15/h3-4,12H,2,5H2,1H3. The maximum absolute atomic E-state index is 12.4. The molecule has 0 aliphatic heterocycles. The van der Waals surface area contributed by atoms with E-state index in [-0.39, 0.29) is 34.9 Å². The van der Waals surface area contributed by atoms with Crippen molar-refractivity contribution in [2.45, 2.75) is 19.4 Å².